The van der Waals surface area contributed by atoms with E-state index in [0.717, 1.165) is 0 Å². The first-order chi connectivity index (χ1) is 10.2. The monoisotopic (exact) mass is 284 g/mol. The van der Waals surface area contributed by atoms with E-state index in [1.54, 1.807) is 24.3 Å². The van der Waals surface area contributed by atoms with Crippen molar-refractivity contribution in [3.63, 3.8) is 0 Å². The summed E-state index contributed by atoms with van der Waals surface area (Å²) in [6, 6.07) is 15.4. The molecule has 0 spiro atoms. The van der Waals surface area contributed by atoms with E-state index < -0.39 is 17.8 Å². The van der Waals surface area contributed by atoms with Gasteiger partial charge in [0.2, 0.25) is 0 Å². The third kappa shape index (κ3) is 4.32. The lowest BCUT2D eigenvalue weighted by atomic mass is 10.1. The number of halogens is 1. The van der Waals surface area contributed by atoms with Crippen molar-refractivity contribution < 1.29 is 13.9 Å². The minimum atomic E-state index is -0.836. The van der Waals surface area contributed by atoms with Crippen LogP contribution in [0.1, 0.15) is 11.6 Å². The van der Waals surface area contributed by atoms with E-state index in [1.165, 1.54) is 24.3 Å². The van der Waals surface area contributed by atoms with Crippen molar-refractivity contribution >= 4 is 5.91 Å². The molecule has 4 nitrogen and oxygen atoms in total. The Labute approximate surface area is 121 Å². The molecule has 0 bridgehead atoms. The van der Waals surface area contributed by atoms with Crippen LogP contribution in [0.25, 0.3) is 0 Å². The summed E-state index contributed by atoms with van der Waals surface area (Å²) in [5, 5.41) is 11.6. The fourth-order valence-electron chi connectivity index (χ4n) is 1.71. The number of amides is 1. The second-order valence-corrected chi connectivity index (χ2v) is 4.28. The molecule has 0 saturated carbocycles. The van der Waals surface area contributed by atoms with Gasteiger partial charge < -0.3 is 10.1 Å². The van der Waals surface area contributed by atoms with Gasteiger partial charge in [-0.1, -0.05) is 30.3 Å². The number of rotatable bonds is 5. The molecule has 106 valence electrons. The van der Waals surface area contributed by atoms with Crippen molar-refractivity contribution in [3.8, 4) is 11.8 Å². The highest BCUT2D eigenvalue weighted by atomic mass is 19.1. The van der Waals surface area contributed by atoms with Crippen LogP contribution in [0, 0.1) is 17.1 Å². The molecule has 0 aliphatic heterocycles. The van der Waals surface area contributed by atoms with Gasteiger partial charge in [-0.15, -0.1) is 0 Å². The molecule has 2 aromatic carbocycles. The van der Waals surface area contributed by atoms with Crippen LogP contribution >= 0.6 is 0 Å². The van der Waals surface area contributed by atoms with Crippen molar-refractivity contribution in [1.29, 1.82) is 5.26 Å². The second kappa shape index (κ2) is 7.06. The first-order valence-corrected chi connectivity index (χ1v) is 6.31. The van der Waals surface area contributed by atoms with Gasteiger partial charge in [-0.25, -0.2) is 4.39 Å². The number of carbonyl (C=O) groups is 1. The van der Waals surface area contributed by atoms with Gasteiger partial charge >= 0.3 is 0 Å². The van der Waals surface area contributed by atoms with Gasteiger partial charge in [-0.05, 0) is 29.8 Å². The molecule has 5 heteroatoms. The second-order valence-electron chi connectivity index (χ2n) is 4.28. The molecule has 0 radical (unpaired) electrons. The topological polar surface area (TPSA) is 62.1 Å². The van der Waals surface area contributed by atoms with Crippen LogP contribution in [0.5, 0.6) is 5.75 Å². The summed E-state index contributed by atoms with van der Waals surface area (Å²) in [5.41, 5.74) is 0.520. The molecule has 0 aliphatic rings. The number of ether oxygens (including phenoxy) is 1. The van der Waals surface area contributed by atoms with Crippen molar-refractivity contribution in [2.45, 2.75) is 6.04 Å². The van der Waals surface area contributed by atoms with Gasteiger partial charge in [-0.2, -0.15) is 5.26 Å². The van der Waals surface area contributed by atoms with Gasteiger partial charge in [0, 0.05) is 0 Å². The van der Waals surface area contributed by atoms with E-state index in [2.05, 4.69) is 5.32 Å². The third-order valence-electron chi connectivity index (χ3n) is 2.75. The molecular formula is C16H13FN2O2. The fourth-order valence-corrected chi connectivity index (χ4v) is 1.71. The number of nitrogens with one attached hydrogen (secondary N) is 1. The van der Waals surface area contributed by atoms with Gasteiger partial charge in [0.25, 0.3) is 5.91 Å². The lowest BCUT2D eigenvalue weighted by molar-refractivity contribution is -0.123. The van der Waals surface area contributed by atoms with Crippen molar-refractivity contribution in [1.82, 2.24) is 5.32 Å². The van der Waals surface area contributed by atoms with Gasteiger partial charge in [0.15, 0.2) is 6.61 Å². The smallest absolute Gasteiger partial charge is 0.259 e. The molecule has 1 atom stereocenters. The maximum absolute atomic E-state index is 12.8. The predicted molar refractivity (Wildman–Crippen MR) is 74.8 cm³/mol. The number of para-hydroxylation sites is 1. The zero-order valence-electron chi connectivity index (χ0n) is 11.1. The number of nitriles is 1. The highest BCUT2D eigenvalue weighted by Gasteiger charge is 2.14. The number of hydrogen-bond acceptors (Lipinski definition) is 3. The maximum atomic E-state index is 12.8. The largest absolute Gasteiger partial charge is 0.484 e. The maximum Gasteiger partial charge on any atom is 0.259 e. The summed E-state index contributed by atoms with van der Waals surface area (Å²) in [4.78, 5) is 11.8. The average molecular weight is 284 g/mol. The standard InChI is InChI=1S/C16H13FN2O2/c17-13-8-6-12(7-9-13)15(10-18)19-16(20)11-21-14-4-2-1-3-5-14/h1-9,15H,11H2,(H,19,20)/t15-/m0/s1. The zero-order valence-corrected chi connectivity index (χ0v) is 11.1. The number of benzene rings is 2. The Morgan fingerprint density at radius 3 is 2.48 bits per heavy atom. The summed E-state index contributed by atoms with van der Waals surface area (Å²) in [7, 11) is 0. The Hall–Kier alpha value is -2.87. The van der Waals surface area contributed by atoms with E-state index in [1.807, 2.05) is 12.1 Å². The molecule has 0 unspecified atom stereocenters. The Balaban J connectivity index is 1.91. The molecular weight excluding hydrogens is 271 g/mol. The van der Waals surface area contributed by atoms with Gasteiger partial charge in [0.05, 0.1) is 6.07 Å². The molecule has 0 aromatic heterocycles. The molecule has 2 aromatic rings. The minimum absolute atomic E-state index is 0.191. The Kier molecular flexibility index (Phi) is 4.89. The third-order valence-corrected chi connectivity index (χ3v) is 2.75. The number of carbonyl (C=O) groups excluding carboxylic acids is 1. The normalized spacial score (nSPS) is 11.2. The molecule has 21 heavy (non-hydrogen) atoms. The van der Waals surface area contributed by atoms with E-state index in [9.17, 15) is 9.18 Å². The molecule has 1 amide bonds. The van der Waals surface area contributed by atoms with Crippen molar-refractivity contribution in [2.24, 2.45) is 0 Å². The van der Waals surface area contributed by atoms with Gasteiger partial charge in [0.1, 0.15) is 17.6 Å². The summed E-state index contributed by atoms with van der Waals surface area (Å²) >= 11 is 0. The predicted octanol–water partition coefficient (Wildman–Crippen LogP) is 2.59. The molecule has 2 rings (SSSR count). The van der Waals surface area contributed by atoms with Crippen LogP contribution in [0.3, 0.4) is 0 Å². The summed E-state index contributed by atoms with van der Waals surface area (Å²) in [6.45, 7) is -0.191. The first-order valence-electron chi connectivity index (χ1n) is 6.31. The van der Waals surface area contributed by atoms with Crippen molar-refractivity contribution in [3.05, 3.63) is 66.0 Å². The van der Waals surface area contributed by atoms with E-state index in [0.29, 0.717) is 11.3 Å². The molecule has 0 aliphatic carbocycles. The molecule has 0 fully saturated rings. The Morgan fingerprint density at radius 1 is 1.19 bits per heavy atom. The van der Waals surface area contributed by atoms with Gasteiger partial charge in [-0.3, -0.25) is 4.79 Å². The summed E-state index contributed by atoms with van der Waals surface area (Å²) in [5.74, 6) is -0.244. The minimum Gasteiger partial charge on any atom is -0.484 e. The van der Waals surface area contributed by atoms with Crippen LogP contribution in [-0.4, -0.2) is 12.5 Å². The fraction of sp³-hybridized carbons (Fsp3) is 0.125. The Morgan fingerprint density at radius 2 is 1.86 bits per heavy atom. The average Bonchev–Trinajstić information content (AvgIpc) is 2.52. The molecule has 1 N–H and O–H groups in total. The van der Waals surface area contributed by atoms with Crippen LogP contribution in [-0.2, 0) is 4.79 Å². The van der Waals surface area contributed by atoms with Crippen molar-refractivity contribution in [2.75, 3.05) is 6.61 Å². The van der Waals surface area contributed by atoms with Crippen LogP contribution in [0.4, 0.5) is 4.39 Å². The lowest BCUT2D eigenvalue weighted by Crippen LogP contribution is -2.32. The lowest BCUT2D eigenvalue weighted by Gasteiger charge is -2.12. The highest BCUT2D eigenvalue weighted by Crippen LogP contribution is 2.13. The first kappa shape index (κ1) is 14.5. The summed E-state index contributed by atoms with van der Waals surface area (Å²) in [6.07, 6.45) is 0. The van der Waals surface area contributed by atoms with E-state index in [-0.39, 0.29) is 6.61 Å². The van der Waals surface area contributed by atoms with E-state index >= 15 is 0 Å². The number of hydrogen-bond donors (Lipinski definition) is 1. The molecule has 0 saturated heterocycles. The number of nitrogens with zero attached hydrogens (tertiary/aromatic N) is 1. The Bertz CT molecular complexity index is 636. The zero-order chi connectivity index (χ0) is 15.1. The van der Waals surface area contributed by atoms with Crippen LogP contribution < -0.4 is 10.1 Å². The van der Waals surface area contributed by atoms with E-state index in [4.69, 9.17) is 10.00 Å². The SMILES string of the molecule is N#C[C@H](NC(=O)COc1ccccc1)c1ccc(F)cc1. The summed E-state index contributed by atoms with van der Waals surface area (Å²) < 4.78 is 18.1. The molecule has 0 heterocycles. The van der Waals surface area contributed by atoms with Crippen LogP contribution in [0.15, 0.2) is 54.6 Å². The highest BCUT2D eigenvalue weighted by molar-refractivity contribution is 5.78. The quantitative estimate of drug-likeness (QED) is 0.918. The van der Waals surface area contributed by atoms with Crippen LogP contribution in [0.2, 0.25) is 0 Å².